The lowest BCUT2D eigenvalue weighted by atomic mass is 9.93. The molecule has 1 amide bonds. The number of H-pyrrole nitrogens is 1. The summed E-state index contributed by atoms with van der Waals surface area (Å²) in [6.45, 7) is 1.07. The van der Waals surface area contributed by atoms with E-state index in [9.17, 15) is 14.4 Å². The Labute approximate surface area is 185 Å². The first-order valence-electron chi connectivity index (χ1n) is 11.0. The summed E-state index contributed by atoms with van der Waals surface area (Å²) in [6.07, 6.45) is 3.89. The first-order valence-corrected chi connectivity index (χ1v) is 11.0. The summed E-state index contributed by atoms with van der Waals surface area (Å²) in [5.41, 5.74) is 5.00. The van der Waals surface area contributed by atoms with Gasteiger partial charge in [0.1, 0.15) is 11.3 Å². The third-order valence-corrected chi connectivity index (χ3v) is 6.15. The molecule has 0 atom stereocenters. The number of aromatic amines is 1. The van der Waals surface area contributed by atoms with Gasteiger partial charge in [0.05, 0.1) is 6.61 Å². The van der Waals surface area contributed by atoms with Gasteiger partial charge in [-0.15, -0.1) is 0 Å². The second-order valence-electron chi connectivity index (χ2n) is 8.34. The lowest BCUT2D eigenvalue weighted by Crippen LogP contribution is -2.31. The van der Waals surface area contributed by atoms with Crippen LogP contribution in [0.25, 0.3) is 11.1 Å². The molecule has 0 saturated carbocycles. The Hall–Kier alpha value is -3.67. The normalized spacial score (nSPS) is 14.8. The van der Waals surface area contributed by atoms with Crippen LogP contribution in [0.1, 0.15) is 56.8 Å². The number of aromatic nitrogens is 1. The molecule has 1 aliphatic heterocycles. The topological polar surface area (TPSA) is 88.3 Å². The molecule has 0 saturated heterocycles. The van der Waals surface area contributed by atoms with Crippen LogP contribution in [0.4, 0.5) is 0 Å². The molecule has 0 bridgehead atoms. The number of ether oxygens (including phenoxy) is 1. The number of amides is 1. The van der Waals surface area contributed by atoms with Gasteiger partial charge in [0, 0.05) is 24.2 Å². The number of fused-ring (bicyclic) bond motifs is 2. The maximum Gasteiger partial charge on any atom is 0.261 e. The van der Waals surface area contributed by atoms with Crippen molar-refractivity contribution in [3.8, 4) is 16.9 Å². The number of benzene rings is 2. The number of ketones is 1. The summed E-state index contributed by atoms with van der Waals surface area (Å²) in [7, 11) is 0. The lowest BCUT2D eigenvalue weighted by molar-refractivity contribution is 0.0949. The lowest BCUT2D eigenvalue weighted by Gasteiger charge is -2.18. The summed E-state index contributed by atoms with van der Waals surface area (Å²) in [4.78, 5) is 39.7. The predicted molar refractivity (Wildman–Crippen MR) is 121 cm³/mol. The summed E-state index contributed by atoms with van der Waals surface area (Å²) < 4.78 is 5.69. The van der Waals surface area contributed by atoms with Gasteiger partial charge < -0.3 is 15.0 Å². The van der Waals surface area contributed by atoms with E-state index in [0.29, 0.717) is 30.6 Å². The van der Waals surface area contributed by atoms with Crippen molar-refractivity contribution in [2.75, 3.05) is 6.61 Å². The van der Waals surface area contributed by atoms with E-state index in [1.165, 1.54) is 11.6 Å². The molecule has 3 aromatic rings. The van der Waals surface area contributed by atoms with Crippen LogP contribution in [-0.4, -0.2) is 23.3 Å². The number of aryl methyl sites for hydroxylation is 2. The quantitative estimate of drug-likeness (QED) is 0.661. The Balaban J connectivity index is 1.28. The third-order valence-electron chi connectivity index (χ3n) is 6.15. The highest BCUT2D eigenvalue weighted by Crippen LogP contribution is 2.30. The van der Waals surface area contributed by atoms with Crippen molar-refractivity contribution < 1.29 is 14.3 Å². The first kappa shape index (κ1) is 20.2. The molecule has 1 aromatic heterocycles. The molecule has 2 heterocycles. The second kappa shape index (κ2) is 8.46. The van der Waals surface area contributed by atoms with Gasteiger partial charge in [0.25, 0.3) is 11.5 Å². The van der Waals surface area contributed by atoms with Crippen LogP contribution in [0, 0.1) is 0 Å². The largest absolute Gasteiger partial charge is 0.493 e. The van der Waals surface area contributed by atoms with Gasteiger partial charge in [-0.25, -0.2) is 0 Å². The molecule has 0 spiro atoms. The maximum atomic E-state index is 12.6. The zero-order valence-electron chi connectivity index (χ0n) is 17.7. The molecule has 32 heavy (non-hydrogen) atoms. The molecule has 6 heteroatoms. The Morgan fingerprint density at radius 3 is 2.59 bits per heavy atom. The van der Waals surface area contributed by atoms with E-state index in [1.807, 2.05) is 30.3 Å². The number of nitrogens with one attached hydrogen (secondary N) is 2. The van der Waals surface area contributed by atoms with E-state index < -0.39 is 11.5 Å². The highest BCUT2D eigenvalue weighted by atomic mass is 16.5. The van der Waals surface area contributed by atoms with Crippen LogP contribution in [0.15, 0.2) is 53.3 Å². The van der Waals surface area contributed by atoms with Gasteiger partial charge in [-0.1, -0.05) is 30.3 Å². The van der Waals surface area contributed by atoms with Gasteiger partial charge >= 0.3 is 0 Å². The molecule has 1 aliphatic carbocycles. The average Bonchev–Trinajstić information content (AvgIpc) is 2.82. The van der Waals surface area contributed by atoms with Gasteiger partial charge in [-0.2, -0.15) is 0 Å². The van der Waals surface area contributed by atoms with E-state index in [-0.39, 0.29) is 11.3 Å². The monoisotopic (exact) mass is 428 g/mol. The highest BCUT2D eigenvalue weighted by molar-refractivity contribution is 6.01. The van der Waals surface area contributed by atoms with Crippen molar-refractivity contribution in [3.63, 3.8) is 0 Å². The fourth-order valence-corrected chi connectivity index (χ4v) is 4.38. The minimum Gasteiger partial charge on any atom is -0.493 e. The number of pyridine rings is 1. The van der Waals surface area contributed by atoms with E-state index >= 15 is 0 Å². The van der Waals surface area contributed by atoms with Crippen LogP contribution in [0.3, 0.4) is 0 Å². The molecule has 2 N–H and O–H groups in total. The summed E-state index contributed by atoms with van der Waals surface area (Å²) in [5, 5.41) is 2.79. The third kappa shape index (κ3) is 3.96. The first-order chi connectivity index (χ1) is 15.6. The maximum absolute atomic E-state index is 12.6. The fourth-order valence-electron chi connectivity index (χ4n) is 4.38. The minimum atomic E-state index is -0.480. The van der Waals surface area contributed by atoms with Crippen molar-refractivity contribution in [3.05, 3.63) is 86.8 Å². The summed E-state index contributed by atoms with van der Waals surface area (Å²) in [5.74, 6) is 0.463. The number of carbonyl (C=O) groups excluding carboxylic acids is 2. The van der Waals surface area contributed by atoms with Gasteiger partial charge in [-0.3, -0.25) is 14.4 Å². The summed E-state index contributed by atoms with van der Waals surface area (Å²) >= 11 is 0. The minimum absolute atomic E-state index is 0.0214. The summed E-state index contributed by atoms with van der Waals surface area (Å²) in [6, 6.07) is 15.7. The SMILES string of the molecule is O=C1CCCc2[nH]c(=O)c(C(=O)NCc3ccc(-c4ccc5c(c4)CCCO5)cc3)cc21. The molecule has 0 fully saturated rings. The van der Waals surface area contributed by atoms with Gasteiger partial charge in [0.15, 0.2) is 5.78 Å². The fraction of sp³-hybridized carbons (Fsp3) is 0.269. The number of rotatable bonds is 4. The van der Waals surface area contributed by atoms with Crippen molar-refractivity contribution in [2.45, 2.75) is 38.6 Å². The van der Waals surface area contributed by atoms with Crippen LogP contribution in [-0.2, 0) is 19.4 Å². The van der Waals surface area contributed by atoms with Crippen LogP contribution < -0.4 is 15.6 Å². The van der Waals surface area contributed by atoms with Crippen molar-refractivity contribution in [1.29, 1.82) is 0 Å². The Morgan fingerprint density at radius 2 is 1.75 bits per heavy atom. The van der Waals surface area contributed by atoms with Crippen LogP contribution in [0.2, 0.25) is 0 Å². The molecule has 2 aliphatic rings. The number of hydrogen-bond donors (Lipinski definition) is 2. The van der Waals surface area contributed by atoms with E-state index in [4.69, 9.17) is 4.74 Å². The Kier molecular flexibility index (Phi) is 5.35. The van der Waals surface area contributed by atoms with E-state index in [0.717, 1.165) is 48.3 Å². The van der Waals surface area contributed by atoms with Crippen LogP contribution in [0.5, 0.6) is 5.75 Å². The van der Waals surface area contributed by atoms with Crippen molar-refractivity contribution in [1.82, 2.24) is 10.3 Å². The smallest absolute Gasteiger partial charge is 0.261 e. The second-order valence-corrected chi connectivity index (χ2v) is 8.34. The molecule has 6 nitrogen and oxygen atoms in total. The van der Waals surface area contributed by atoms with Gasteiger partial charge in [0.2, 0.25) is 0 Å². The molecule has 5 rings (SSSR count). The molecule has 0 radical (unpaired) electrons. The zero-order chi connectivity index (χ0) is 22.1. The Morgan fingerprint density at radius 1 is 0.938 bits per heavy atom. The van der Waals surface area contributed by atoms with Crippen molar-refractivity contribution >= 4 is 11.7 Å². The zero-order valence-corrected chi connectivity index (χ0v) is 17.7. The van der Waals surface area contributed by atoms with Crippen LogP contribution >= 0.6 is 0 Å². The Bertz CT molecular complexity index is 1260. The standard InChI is InChI=1S/C26H24N2O4/c29-23-5-1-4-22-20(23)14-21(26(31)28-22)25(30)27-15-16-6-8-17(9-7-16)18-10-11-24-19(13-18)3-2-12-32-24/h6-11,13-14H,1-5,12,15H2,(H,27,30)(H,28,31). The number of hydrogen-bond acceptors (Lipinski definition) is 4. The number of Topliss-reactive ketones (excluding diaryl/α,β-unsaturated/α-hetero) is 1. The molecule has 0 unspecified atom stereocenters. The number of carbonyl (C=O) groups is 2. The molecule has 162 valence electrons. The average molecular weight is 428 g/mol. The van der Waals surface area contributed by atoms with E-state index in [2.05, 4.69) is 22.4 Å². The molecule has 2 aromatic carbocycles. The van der Waals surface area contributed by atoms with E-state index in [1.54, 1.807) is 0 Å². The predicted octanol–water partition coefficient (Wildman–Crippen LogP) is 3.82. The van der Waals surface area contributed by atoms with Gasteiger partial charge in [-0.05, 0) is 66.1 Å². The molecular weight excluding hydrogens is 404 g/mol. The molecular formula is C26H24N2O4. The van der Waals surface area contributed by atoms with Crippen molar-refractivity contribution in [2.24, 2.45) is 0 Å². The highest BCUT2D eigenvalue weighted by Gasteiger charge is 2.22.